The molecule has 63 heavy (non-hydrogen) atoms. The highest BCUT2D eigenvalue weighted by atomic mass is 16.3. The number of nitrogens with zero attached hydrogens (tertiary/aromatic N) is 3. The highest BCUT2D eigenvalue weighted by molar-refractivity contribution is 5.89. The summed E-state index contributed by atoms with van der Waals surface area (Å²) in [7, 11) is 0. The van der Waals surface area contributed by atoms with E-state index in [-0.39, 0.29) is 53.6 Å². The number of benzene rings is 3. The molecule has 3 amide bonds. The second kappa shape index (κ2) is 21.7. The third-order valence-electron chi connectivity index (χ3n) is 12.6. The predicted molar refractivity (Wildman–Crippen MR) is 233 cm³/mol. The topological polar surface area (TPSA) is 321 Å². The fraction of sp³-hybridized carbons (Fsp3) is 0.533. The lowest BCUT2D eigenvalue weighted by Gasteiger charge is -2.33. The molecular weight excluding hydrogens is 817 g/mol. The highest BCUT2D eigenvalue weighted by Crippen LogP contribution is 2.38. The predicted octanol–water partition coefficient (Wildman–Crippen LogP) is -1.16. The van der Waals surface area contributed by atoms with Crippen LogP contribution in [0, 0.1) is 20.8 Å². The first-order valence-corrected chi connectivity index (χ1v) is 21.0. The number of phenolic OH excluding ortho intramolecular Hbond substituents is 3. The Morgan fingerprint density at radius 3 is 0.825 bits per heavy atom. The van der Waals surface area contributed by atoms with Crippen molar-refractivity contribution in [2.75, 3.05) is 78.9 Å². The van der Waals surface area contributed by atoms with E-state index < -0.39 is 73.6 Å². The average molecular weight is 883 g/mol. The first-order valence-electron chi connectivity index (χ1n) is 21.0. The van der Waals surface area contributed by atoms with Gasteiger partial charge in [0.15, 0.2) is 0 Å². The molecule has 1 fully saturated rings. The molecule has 348 valence electrons. The zero-order valence-corrected chi connectivity index (χ0v) is 36.5. The van der Waals surface area contributed by atoms with Crippen LogP contribution >= 0.6 is 0 Å². The molecule has 0 atom stereocenters. The number of phenols is 3. The van der Waals surface area contributed by atoms with E-state index in [0.29, 0.717) is 91.9 Å². The lowest BCUT2D eigenvalue weighted by Crippen LogP contribution is -2.47. The summed E-state index contributed by atoms with van der Waals surface area (Å²) in [5.74, 6) is -3.81. The van der Waals surface area contributed by atoms with Crippen LogP contribution < -0.4 is 17.2 Å². The van der Waals surface area contributed by atoms with E-state index in [4.69, 9.17) is 17.2 Å². The molecule has 1 heterocycles. The van der Waals surface area contributed by atoms with Gasteiger partial charge in [-0.15, -0.1) is 0 Å². The van der Waals surface area contributed by atoms with Gasteiger partial charge in [0.1, 0.15) is 33.5 Å². The smallest absolute Gasteiger partial charge is 0.232 e. The first-order chi connectivity index (χ1) is 29.8. The van der Waals surface area contributed by atoms with Crippen molar-refractivity contribution in [2.45, 2.75) is 75.9 Å². The Hall–Kier alpha value is -4.89. The Labute approximate surface area is 367 Å². The van der Waals surface area contributed by atoms with Crippen molar-refractivity contribution in [3.8, 4) is 17.2 Å². The zero-order valence-electron chi connectivity index (χ0n) is 36.5. The molecule has 0 unspecified atom stereocenters. The summed E-state index contributed by atoms with van der Waals surface area (Å²) in [5, 5.41) is 96.1. The molecule has 0 bridgehead atoms. The Morgan fingerprint density at radius 1 is 0.444 bits per heavy atom. The van der Waals surface area contributed by atoms with Crippen molar-refractivity contribution in [3.63, 3.8) is 0 Å². The molecule has 3 aromatic carbocycles. The van der Waals surface area contributed by atoms with Crippen molar-refractivity contribution in [1.29, 1.82) is 0 Å². The van der Waals surface area contributed by atoms with E-state index in [0.717, 1.165) is 0 Å². The summed E-state index contributed by atoms with van der Waals surface area (Å²) >= 11 is 0. The number of amides is 3. The molecule has 1 aliphatic rings. The normalized spacial score (nSPS) is 15.8. The maximum atomic E-state index is 12.6. The summed E-state index contributed by atoms with van der Waals surface area (Å²) in [6, 6.07) is 9.84. The number of aryl methyl sites for hydroxylation is 3. The largest absolute Gasteiger partial charge is 0.507 e. The van der Waals surface area contributed by atoms with Crippen LogP contribution in [0.15, 0.2) is 36.4 Å². The number of aromatic hydroxyl groups is 3. The molecule has 3 aromatic rings. The number of primary amides is 3. The SMILES string of the molecule is Cc1cc(CN2CCCN(Cc3cc(C)cc(C(CO)(CO)C(N)=O)c3O)CCCN(Cc3cc(C)cc(C(CO)(CO)C(N)=O)c3O)CCC2)c(O)c(C(CO)(CO)C(N)=O)c1. The molecule has 18 nitrogen and oxygen atoms in total. The molecule has 0 spiro atoms. The van der Waals surface area contributed by atoms with Gasteiger partial charge in [-0.3, -0.25) is 29.1 Å². The van der Waals surface area contributed by atoms with Crippen LogP contribution in [0.4, 0.5) is 0 Å². The average Bonchev–Trinajstić information content (AvgIpc) is 3.23. The number of aliphatic hydroxyl groups is 6. The van der Waals surface area contributed by atoms with Gasteiger partial charge < -0.3 is 63.2 Å². The monoisotopic (exact) mass is 882 g/mol. The van der Waals surface area contributed by atoms with Gasteiger partial charge in [0.25, 0.3) is 0 Å². The summed E-state index contributed by atoms with van der Waals surface area (Å²) < 4.78 is 0. The van der Waals surface area contributed by atoms with Crippen molar-refractivity contribution in [1.82, 2.24) is 14.7 Å². The van der Waals surface area contributed by atoms with Crippen molar-refractivity contribution >= 4 is 17.7 Å². The van der Waals surface area contributed by atoms with Crippen LogP contribution in [-0.2, 0) is 50.3 Å². The van der Waals surface area contributed by atoms with E-state index in [1.54, 1.807) is 39.0 Å². The highest BCUT2D eigenvalue weighted by Gasteiger charge is 2.43. The van der Waals surface area contributed by atoms with Crippen LogP contribution in [-0.4, -0.2) is 157 Å². The standard InChI is InChI=1S/C45H66N6O12/c1-28-13-31(37(58)34(16-28)43(22-52,23-53)40(46)61)19-49-7-4-9-50(20-32-14-29(2)17-35(38(32)59)44(24-54,25-55)41(47)62)11-6-12-51(10-5-8-49)21-33-15-30(3)18-36(39(33)60)45(26-56,27-57)42(48)63/h13-18,52-60H,4-12,19-27H2,1-3H3,(H2,46,61)(H2,47,62)(H2,48,63). The lowest BCUT2D eigenvalue weighted by atomic mass is 9.79. The van der Waals surface area contributed by atoms with Crippen molar-refractivity contribution < 1.29 is 60.3 Å². The van der Waals surface area contributed by atoms with E-state index >= 15 is 0 Å². The minimum Gasteiger partial charge on any atom is -0.507 e. The molecule has 0 aliphatic carbocycles. The van der Waals surface area contributed by atoms with Crippen LogP contribution in [0.5, 0.6) is 17.2 Å². The number of hydrogen-bond acceptors (Lipinski definition) is 15. The first kappa shape index (κ1) is 50.8. The van der Waals surface area contributed by atoms with Gasteiger partial charge in [0.05, 0.1) is 39.6 Å². The van der Waals surface area contributed by atoms with Gasteiger partial charge in [0.2, 0.25) is 17.7 Å². The molecule has 18 heteroatoms. The number of carbonyl (C=O) groups is 3. The minimum absolute atomic E-state index is 0.0156. The maximum absolute atomic E-state index is 12.6. The molecule has 0 saturated carbocycles. The second-order valence-electron chi connectivity index (χ2n) is 17.1. The number of nitrogens with two attached hydrogens (primary N) is 3. The lowest BCUT2D eigenvalue weighted by molar-refractivity contribution is -0.127. The van der Waals surface area contributed by atoms with Crippen LogP contribution in [0.25, 0.3) is 0 Å². The Morgan fingerprint density at radius 2 is 0.651 bits per heavy atom. The number of carbonyl (C=O) groups excluding carboxylic acids is 3. The van der Waals surface area contributed by atoms with Gasteiger partial charge >= 0.3 is 0 Å². The third kappa shape index (κ3) is 10.7. The summed E-state index contributed by atoms with van der Waals surface area (Å²) in [6.45, 7) is 4.09. The Bertz CT molecular complexity index is 1840. The number of rotatable bonds is 18. The fourth-order valence-corrected chi connectivity index (χ4v) is 8.63. The van der Waals surface area contributed by atoms with Crippen molar-refractivity contribution in [3.05, 3.63) is 86.5 Å². The maximum Gasteiger partial charge on any atom is 0.232 e. The van der Waals surface area contributed by atoms with Gasteiger partial charge in [-0.05, 0) is 79.3 Å². The summed E-state index contributed by atoms with van der Waals surface area (Å²) in [5.41, 5.74) is 14.6. The molecular formula is C45H66N6O12. The van der Waals surface area contributed by atoms with Crippen molar-refractivity contribution in [2.24, 2.45) is 17.2 Å². The third-order valence-corrected chi connectivity index (χ3v) is 12.6. The van der Waals surface area contributed by atoms with Gasteiger partial charge in [-0.25, -0.2) is 0 Å². The second-order valence-corrected chi connectivity index (χ2v) is 17.1. The van der Waals surface area contributed by atoms with Crippen LogP contribution in [0.3, 0.4) is 0 Å². The van der Waals surface area contributed by atoms with Gasteiger partial charge in [-0.2, -0.15) is 0 Å². The fourth-order valence-electron chi connectivity index (χ4n) is 8.63. The Kier molecular flexibility index (Phi) is 17.4. The van der Waals surface area contributed by atoms with E-state index in [1.165, 1.54) is 18.2 Å². The minimum atomic E-state index is -1.92. The molecule has 1 saturated heterocycles. The summed E-state index contributed by atoms with van der Waals surface area (Å²) in [4.78, 5) is 44.1. The van der Waals surface area contributed by atoms with E-state index in [2.05, 4.69) is 14.7 Å². The molecule has 4 rings (SSSR count). The van der Waals surface area contributed by atoms with E-state index in [9.17, 15) is 60.3 Å². The number of aliphatic hydroxyl groups excluding tert-OH is 6. The van der Waals surface area contributed by atoms with E-state index in [1.807, 2.05) is 0 Å². The molecule has 1 aliphatic heterocycles. The molecule has 0 aromatic heterocycles. The summed E-state index contributed by atoms with van der Waals surface area (Å²) in [6.07, 6.45) is 1.87. The van der Waals surface area contributed by atoms with Crippen LogP contribution in [0.2, 0.25) is 0 Å². The number of hydrogen-bond donors (Lipinski definition) is 12. The quantitative estimate of drug-likeness (QED) is 0.0718. The van der Waals surface area contributed by atoms with Crippen LogP contribution in [0.1, 0.15) is 69.3 Å². The van der Waals surface area contributed by atoms with Gasteiger partial charge in [0, 0.05) is 53.0 Å². The molecule has 0 radical (unpaired) electrons. The molecule has 15 N–H and O–H groups in total. The van der Waals surface area contributed by atoms with Gasteiger partial charge in [-0.1, -0.05) is 53.1 Å². The Balaban J connectivity index is 1.75. The zero-order chi connectivity index (χ0) is 46.9.